The average molecular weight is 345 g/mol. The maximum Gasteiger partial charge on any atom is 0.335 e. The molecule has 0 aliphatic heterocycles. The number of hydrogen-bond acceptors (Lipinski definition) is 4. The Morgan fingerprint density at radius 3 is 2.08 bits per heavy atom. The lowest BCUT2D eigenvalue weighted by Gasteiger charge is -2.10. The van der Waals surface area contributed by atoms with Gasteiger partial charge in [-0.05, 0) is 43.7 Å². The number of anilines is 1. The molecular weight excluding hydrogens is 322 g/mol. The summed E-state index contributed by atoms with van der Waals surface area (Å²) in [6.45, 7) is 5.89. The number of ether oxygens (including phenoxy) is 1. The van der Waals surface area contributed by atoms with E-state index >= 15 is 0 Å². The normalized spacial score (nSPS) is 9.52. The number of carbonyl (C=O) groups is 2. The molecule has 0 aliphatic rings. The number of carboxylic acid groups (broad SMARTS) is 2. The van der Waals surface area contributed by atoms with Crippen LogP contribution in [0.2, 0.25) is 0 Å². The van der Waals surface area contributed by atoms with Gasteiger partial charge in [-0.3, -0.25) is 0 Å². The van der Waals surface area contributed by atoms with Crippen LogP contribution in [0.25, 0.3) is 0 Å². The smallest absolute Gasteiger partial charge is 0.335 e. The molecule has 3 N–H and O–H groups in total. The Morgan fingerprint density at radius 2 is 1.56 bits per heavy atom. The predicted molar refractivity (Wildman–Crippen MR) is 96.8 cm³/mol. The van der Waals surface area contributed by atoms with Crippen molar-refractivity contribution in [3.63, 3.8) is 0 Å². The number of hydrogen-bond donors (Lipinski definition) is 3. The molecule has 0 atom stereocenters. The first-order chi connectivity index (χ1) is 12.0. The van der Waals surface area contributed by atoms with Crippen molar-refractivity contribution in [2.75, 3.05) is 18.5 Å². The molecule has 6 nitrogen and oxygen atoms in total. The molecule has 0 bridgehead atoms. The Balaban J connectivity index is 0.000000251. The molecule has 2 aromatic carbocycles. The van der Waals surface area contributed by atoms with Gasteiger partial charge in [0.15, 0.2) is 0 Å². The highest BCUT2D eigenvalue weighted by atomic mass is 16.5. The van der Waals surface area contributed by atoms with Gasteiger partial charge < -0.3 is 20.3 Å². The monoisotopic (exact) mass is 345 g/mol. The largest absolute Gasteiger partial charge is 0.491 e. The maximum atomic E-state index is 10.4. The van der Waals surface area contributed by atoms with Crippen LogP contribution in [-0.4, -0.2) is 35.3 Å². The number of aromatic carboxylic acids is 2. The zero-order valence-corrected chi connectivity index (χ0v) is 14.4. The first kappa shape index (κ1) is 20.0. The van der Waals surface area contributed by atoms with Crippen LogP contribution in [0.5, 0.6) is 5.75 Å². The van der Waals surface area contributed by atoms with E-state index in [1.54, 1.807) is 0 Å². The third kappa shape index (κ3) is 6.95. The lowest BCUT2D eigenvalue weighted by molar-refractivity contribution is 0.0696. The summed E-state index contributed by atoms with van der Waals surface area (Å²) in [4.78, 5) is 20.8. The average Bonchev–Trinajstić information content (AvgIpc) is 2.62. The van der Waals surface area contributed by atoms with Crippen LogP contribution in [-0.2, 0) is 0 Å². The summed E-state index contributed by atoms with van der Waals surface area (Å²) in [7, 11) is 0. The van der Waals surface area contributed by atoms with E-state index in [1.807, 2.05) is 24.3 Å². The quantitative estimate of drug-likeness (QED) is 0.702. The van der Waals surface area contributed by atoms with Gasteiger partial charge in [-0.2, -0.15) is 0 Å². The highest BCUT2D eigenvalue weighted by Gasteiger charge is 2.06. The Morgan fingerprint density at radius 1 is 0.960 bits per heavy atom. The van der Waals surface area contributed by atoms with Crippen LogP contribution in [0.15, 0.2) is 48.5 Å². The van der Waals surface area contributed by atoms with Gasteiger partial charge in [0, 0.05) is 6.54 Å². The number of para-hydroxylation sites is 2. The topological polar surface area (TPSA) is 95.9 Å². The summed E-state index contributed by atoms with van der Waals surface area (Å²) in [5.41, 5.74) is 1.04. The SMILES string of the molecule is CCCOc1ccccc1NCC.O=C(O)c1cccc(C(=O)O)c1. The maximum absolute atomic E-state index is 10.4. The van der Waals surface area contributed by atoms with Crippen molar-refractivity contribution in [2.45, 2.75) is 20.3 Å². The molecule has 0 aliphatic carbocycles. The van der Waals surface area contributed by atoms with Gasteiger partial charge in [-0.25, -0.2) is 9.59 Å². The number of nitrogens with one attached hydrogen (secondary N) is 1. The molecule has 2 aromatic rings. The van der Waals surface area contributed by atoms with Crippen LogP contribution in [0.1, 0.15) is 41.0 Å². The van der Waals surface area contributed by atoms with Gasteiger partial charge in [0.1, 0.15) is 5.75 Å². The van der Waals surface area contributed by atoms with Gasteiger partial charge in [0.2, 0.25) is 0 Å². The molecule has 0 fully saturated rings. The summed E-state index contributed by atoms with van der Waals surface area (Å²) in [6, 6.07) is 13.2. The molecule has 6 heteroatoms. The molecule has 0 aromatic heterocycles. The highest BCUT2D eigenvalue weighted by molar-refractivity contribution is 5.93. The summed E-state index contributed by atoms with van der Waals surface area (Å²) in [5.74, 6) is -1.30. The summed E-state index contributed by atoms with van der Waals surface area (Å²) in [6.07, 6.45) is 1.04. The minimum Gasteiger partial charge on any atom is -0.491 e. The number of carboxylic acids is 2. The van der Waals surface area contributed by atoms with E-state index in [4.69, 9.17) is 14.9 Å². The minimum absolute atomic E-state index is 0.0186. The molecule has 0 amide bonds. The Kier molecular flexibility index (Phi) is 8.57. The molecule has 0 saturated heterocycles. The van der Waals surface area contributed by atoms with Crippen LogP contribution in [0.3, 0.4) is 0 Å². The molecular formula is C19H23NO5. The Hall–Kier alpha value is -3.02. The minimum atomic E-state index is -1.13. The predicted octanol–water partition coefficient (Wildman–Crippen LogP) is 3.99. The van der Waals surface area contributed by atoms with E-state index in [9.17, 15) is 9.59 Å². The van der Waals surface area contributed by atoms with Crippen molar-refractivity contribution in [1.82, 2.24) is 0 Å². The van der Waals surface area contributed by atoms with Gasteiger partial charge in [0.25, 0.3) is 0 Å². The van der Waals surface area contributed by atoms with E-state index < -0.39 is 11.9 Å². The van der Waals surface area contributed by atoms with Gasteiger partial charge in [-0.15, -0.1) is 0 Å². The molecule has 0 radical (unpaired) electrons. The summed E-state index contributed by atoms with van der Waals surface area (Å²) in [5, 5.41) is 20.3. The van der Waals surface area contributed by atoms with Crippen molar-refractivity contribution in [1.29, 1.82) is 0 Å². The molecule has 0 unspecified atom stereocenters. The van der Waals surface area contributed by atoms with Crippen LogP contribution < -0.4 is 10.1 Å². The van der Waals surface area contributed by atoms with Gasteiger partial charge in [0.05, 0.1) is 23.4 Å². The van der Waals surface area contributed by atoms with E-state index in [2.05, 4.69) is 19.2 Å². The van der Waals surface area contributed by atoms with Crippen LogP contribution >= 0.6 is 0 Å². The standard InChI is InChI=1S/C11H17NO.C8H6O4/c1-3-9-13-11-8-6-5-7-10(11)12-4-2;9-7(10)5-2-1-3-6(4-5)8(11)12/h5-8,12H,3-4,9H2,1-2H3;1-4H,(H,9,10)(H,11,12). The fourth-order valence-corrected chi connectivity index (χ4v) is 1.93. The molecule has 0 heterocycles. The summed E-state index contributed by atoms with van der Waals surface area (Å²) < 4.78 is 5.58. The van der Waals surface area contributed by atoms with Crippen molar-refractivity contribution >= 4 is 17.6 Å². The number of benzene rings is 2. The second-order valence-electron chi connectivity index (χ2n) is 5.07. The second kappa shape index (κ2) is 10.7. The zero-order chi connectivity index (χ0) is 18.7. The second-order valence-corrected chi connectivity index (χ2v) is 5.07. The molecule has 0 saturated carbocycles. The van der Waals surface area contributed by atoms with Gasteiger partial charge in [-0.1, -0.05) is 25.1 Å². The first-order valence-electron chi connectivity index (χ1n) is 8.01. The van der Waals surface area contributed by atoms with Crippen molar-refractivity contribution in [3.05, 3.63) is 59.7 Å². The molecule has 25 heavy (non-hydrogen) atoms. The van der Waals surface area contributed by atoms with Gasteiger partial charge >= 0.3 is 11.9 Å². The van der Waals surface area contributed by atoms with Crippen LogP contribution in [0.4, 0.5) is 5.69 Å². The van der Waals surface area contributed by atoms with E-state index in [0.29, 0.717) is 0 Å². The lowest BCUT2D eigenvalue weighted by atomic mass is 10.1. The molecule has 0 spiro atoms. The molecule has 2 rings (SSSR count). The summed E-state index contributed by atoms with van der Waals surface area (Å²) >= 11 is 0. The third-order valence-corrected chi connectivity index (χ3v) is 3.07. The first-order valence-corrected chi connectivity index (χ1v) is 8.01. The van der Waals surface area contributed by atoms with E-state index in [-0.39, 0.29) is 11.1 Å². The van der Waals surface area contributed by atoms with Crippen molar-refractivity contribution in [2.24, 2.45) is 0 Å². The lowest BCUT2D eigenvalue weighted by Crippen LogP contribution is -2.01. The van der Waals surface area contributed by atoms with Crippen molar-refractivity contribution in [3.8, 4) is 5.75 Å². The van der Waals surface area contributed by atoms with Crippen LogP contribution in [0, 0.1) is 0 Å². The Labute approximate surface area is 147 Å². The van der Waals surface area contributed by atoms with E-state index in [1.165, 1.54) is 18.2 Å². The fourth-order valence-electron chi connectivity index (χ4n) is 1.93. The fraction of sp³-hybridized carbons (Fsp3) is 0.263. The Bertz CT molecular complexity index is 670. The third-order valence-electron chi connectivity index (χ3n) is 3.07. The zero-order valence-electron chi connectivity index (χ0n) is 14.4. The van der Waals surface area contributed by atoms with E-state index in [0.717, 1.165) is 37.1 Å². The molecule has 134 valence electrons. The number of rotatable bonds is 7. The highest BCUT2D eigenvalue weighted by Crippen LogP contribution is 2.23. The van der Waals surface area contributed by atoms with Crippen molar-refractivity contribution < 1.29 is 24.5 Å².